The predicted octanol–water partition coefficient (Wildman–Crippen LogP) is 2.00. The van der Waals surface area contributed by atoms with Crippen LogP contribution in [0.1, 0.15) is 20.8 Å². The fourth-order valence-electron chi connectivity index (χ4n) is 0. The number of hydrogen-bond donors (Lipinski definition) is 0. The molecule has 0 bridgehead atoms. The van der Waals surface area contributed by atoms with Gasteiger partial charge in [0.05, 0.1) is 0 Å². The van der Waals surface area contributed by atoms with Crippen molar-refractivity contribution in [3.8, 4) is 0 Å². The summed E-state index contributed by atoms with van der Waals surface area (Å²) in [6, 6.07) is 0. The molecular formula is C5H11Pt2. The summed E-state index contributed by atoms with van der Waals surface area (Å²) in [5.41, 5.74) is 0.529. The zero-order valence-corrected chi connectivity index (χ0v) is 9.38. The first kappa shape index (κ1) is 11.2. The third-order valence-electron chi connectivity index (χ3n) is 0.335. The van der Waals surface area contributed by atoms with Crippen LogP contribution in [-0.2, 0) is 40.9 Å². The van der Waals surface area contributed by atoms with Gasteiger partial charge in [0.1, 0.15) is 0 Å². The standard InChI is InChI=1S/C5H11.2Pt/c1-5(2,3)4;;/h1H2,2-4H3;;. The maximum atomic E-state index is 2.38. The molecule has 0 amide bonds. The molecule has 0 aliphatic heterocycles. The topological polar surface area (TPSA) is 0 Å². The zero-order chi connectivity index (χ0) is 5.21. The van der Waals surface area contributed by atoms with Crippen LogP contribution in [0.3, 0.4) is 0 Å². The largest absolute Gasteiger partial charge is 0 e. The Morgan fingerprint density at radius 3 is 1.43 bits per heavy atom. The van der Waals surface area contributed by atoms with Crippen LogP contribution in [0, 0.1) is 5.41 Å². The molecule has 0 atom stereocenters. The van der Waals surface area contributed by atoms with Crippen molar-refractivity contribution in [3.05, 3.63) is 0 Å². The van der Waals surface area contributed by atoms with E-state index in [-0.39, 0.29) is 21.1 Å². The van der Waals surface area contributed by atoms with Crippen LogP contribution < -0.4 is 0 Å². The number of hydrogen-bond acceptors (Lipinski definition) is 0. The zero-order valence-electron chi connectivity index (χ0n) is 4.84. The molecule has 0 spiro atoms. The van der Waals surface area contributed by atoms with Crippen LogP contribution in [0.4, 0.5) is 0 Å². The van der Waals surface area contributed by atoms with Crippen LogP contribution in [0.2, 0.25) is 4.81 Å². The summed E-state index contributed by atoms with van der Waals surface area (Å²) in [7, 11) is 0. The Balaban J connectivity index is 0. The first-order valence-electron chi connectivity index (χ1n) is 2.08. The van der Waals surface area contributed by atoms with E-state index in [9.17, 15) is 0 Å². The summed E-state index contributed by atoms with van der Waals surface area (Å²) in [6.45, 7) is 6.71. The minimum atomic E-state index is 0. The molecule has 0 N–H and O–H groups in total. The van der Waals surface area contributed by atoms with Crippen LogP contribution >= 0.6 is 0 Å². The van der Waals surface area contributed by atoms with Crippen molar-refractivity contribution in [3.63, 3.8) is 0 Å². The van der Waals surface area contributed by atoms with Gasteiger partial charge < -0.3 is 0 Å². The summed E-state index contributed by atoms with van der Waals surface area (Å²) in [5.74, 6) is 0. The average molecular weight is 461 g/mol. The molecule has 2 heteroatoms. The summed E-state index contributed by atoms with van der Waals surface area (Å²) in [5, 5.41) is 0. The van der Waals surface area contributed by atoms with Crippen molar-refractivity contribution in [2.24, 2.45) is 5.41 Å². The second-order valence-electron chi connectivity index (χ2n) is 2.67. The van der Waals surface area contributed by atoms with E-state index < -0.39 is 0 Å². The van der Waals surface area contributed by atoms with Crippen molar-refractivity contribution in [1.82, 2.24) is 0 Å². The molecule has 0 saturated carbocycles. The summed E-state index contributed by atoms with van der Waals surface area (Å²) in [4.78, 5) is 1.24. The molecule has 0 unspecified atom stereocenters. The summed E-state index contributed by atoms with van der Waals surface area (Å²) >= 11 is 2.38. The molecule has 0 aromatic rings. The predicted molar refractivity (Wildman–Crippen MR) is 24.3 cm³/mol. The van der Waals surface area contributed by atoms with Gasteiger partial charge in [0, 0.05) is 21.1 Å². The van der Waals surface area contributed by atoms with Gasteiger partial charge in [-0.1, -0.05) is 0 Å². The van der Waals surface area contributed by atoms with Crippen LogP contribution in [0.15, 0.2) is 0 Å². The first-order valence-corrected chi connectivity index (χ1v) is 3.68. The molecule has 0 fully saturated rings. The Morgan fingerprint density at radius 2 is 1.43 bits per heavy atom. The maximum absolute atomic E-state index is 2.38. The van der Waals surface area contributed by atoms with E-state index in [1.807, 2.05) is 0 Å². The molecule has 0 aromatic carbocycles. The fourth-order valence-corrected chi connectivity index (χ4v) is 0. The fraction of sp³-hybridized carbons (Fsp3) is 1.00. The van der Waals surface area contributed by atoms with Crippen molar-refractivity contribution in [1.29, 1.82) is 0 Å². The van der Waals surface area contributed by atoms with Gasteiger partial charge in [-0.2, -0.15) is 0 Å². The van der Waals surface area contributed by atoms with Crippen LogP contribution in [0.25, 0.3) is 0 Å². The smallest absolute Gasteiger partial charge is 0 e. The van der Waals surface area contributed by atoms with Gasteiger partial charge in [-0.3, -0.25) is 0 Å². The molecule has 0 aliphatic carbocycles. The molecule has 0 radical (unpaired) electrons. The normalized spacial score (nSPS) is 10.4. The van der Waals surface area contributed by atoms with Crippen molar-refractivity contribution >= 4 is 0 Å². The van der Waals surface area contributed by atoms with Crippen LogP contribution in [-0.4, -0.2) is 0 Å². The van der Waals surface area contributed by atoms with Gasteiger partial charge in [-0.05, 0) is 0 Å². The first-order chi connectivity index (χ1) is 2.56. The quantitative estimate of drug-likeness (QED) is 0.518. The van der Waals surface area contributed by atoms with E-state index in [1.165, 1.54) is 4.81 Å². The minimum absolute atomic E-state index is 0. The van der Waals surface area contributed by atoms with Gasteiger partial charge in [0.25, 0.3) is 0 Å². The molecule has 7 heavy (non-hydrogen) atoms. The van der Waals surface area contributed by atoms with Gasteiger partial charge in [-0.25, -0.2) is 0 Å². The molecule has 0 heterocycles. The van der Waals surface area contributed by atoms with Crippen molar-refractivity contribution in [2.75, 3.05) is 0 Å². The van der Waals surface area contributed by atoms with Crippen LogP contribution in [0.5, 0.6) is 0 Å². The number of rotatable bonds is 0. The Labute approximate surface area is 71.6 Å². The van der Waals surface area contributed by atoms with Crippen molar-refractivity contribution < 1.29 is 40.9 Å². The molecule has 0 saturated heterocycles. The Bertz CT molecular complexity index is 35.8. The third kappa shape index (κ3) is 11.1. The SMILES string of the molecule is CC(C)(C)[CH2][Pt].[Pt]. The van der Waals surface area contributed by atoms with Gasteiger partial charge in [0.15, 0.2) is 0 Å². The Kier molecular flexibility index (Phi) is 6.85. The second kappa shape index (κ2) is 4.27. The van der Waals surface area contributed by atoms with E-state index in [0.29, 0.717) is 5.41 Å². The van der Waals surface area contributed by atoms with Gasteiger partial charge >= 0.3 is 50.8 Å². The third-order valence-corrected chi connectivity index (χ3v) is 2.75. The van der Waals surface area contributed by atoms with E-state index in [4.69, 9.17) is 0 Å². The molecule has 0 nitrogen and oxygen atoms in total. The van der Waals surface area contributed by atoms with E-state index in [2.05, 4.69) is 40.6 Å². The molecule has 0 aliphatic rings. The maximum Gasteiger partial charge on any atom is 0 e. The average Bonchev–Trinajstić information content (AvgIpc) is 1.35. The second-order valence-corrected chi connectivity index (χ2v) is 3.48. The molecular weight excluding hydrogens is 450 g/mol. The van der Waals surface area contributed by atoms with Crippen molar-refractivity contribution in [2.45, 2.75) is 25.6 Å². The minimum Gasteiger partial charge on any atom is 0 e. The van der Waals surface area contributed by atoms with Gasteiger partial charge in [0.2, 0.25) is 0 Å². The van der Waals surface area contributed by atoms with Gasteiger partial charge in [-0.15, -0.1) is 0 Å². The summed E-state index contributed by atoms with van der Waals surface area (Å²) < 4.78 is 0. The Morgan fingerprint density at radius 1 is 1.29 bits per heavy atom. The molecule has 51 valence electrons. The molecule has 0 rings (SSSR count). The van der Waals surface area contributed by atoms with E-state index in [0.717, 1.165) is 0 Å². The molecule has 0 aromatic heterocycles. The monoisotopic (exact) mass is 461 g/mol. The van der Waals surface area contributed by atoms with E-state index >= 15 is 0 Å². The summed E-state index contributed by atoms with van der Waals surface area (Å²) in [6.07, 6.45) is 0. The van der Waals surface area contributed by atoms with E-state index in [1.54, 1.807) is 0 Å². The Hall–Kier alpha value is 1.38.